The summed E-state index contributed by atoms with van der Waals surface area (Å²) >= 11 is 3.62. The third kappa shape index (κ3) is 3.09. The summed E-state index contributed by atoms with van der Waals surface area (Å²) in [5.41, 5.74) is 1.48. The number of aryl methyl sites for hydroxylation is 1. The normalized spacial score (nSPS) is 18.1. The van der Waals surface area contributed by atoms with Gasteiger partial charge in [0, 0.05) is 31.0 Å². The molecule has 0 saturated heterocycles. The van der Waals surface area contributed by atoms with Gasteiger partial charge in [0.1, 0.15) is 10.0 Å². The molecule has 1 N–H and O–H groups in total. The van der Waals surface area contributed by atoms with Crippen LogP contribution < -0.4 is 5.32 Å². The minimum absolute atomic E-state index is 0.468. The van der Waals surface area contributed by atoms with Crippen LogP contribution in [0.3, 0.4) is 0 Å². The zero-order valence-corrected chi connectivity index (χ0v) is 13.2. The highest BCUT2D eigenvalue weighted by Crippen LogP contribution is 2.39. The van der Waals surface area contributed by atoms with Gasteiger partial charge in [-0.15, -0.1) is 21.5 Å². The van der Waals surface area contributed by atoms with E-state index in [1.165, 1.54) is 34.7 Å². The summed E-state index contributed by atoms with van der Waals surface area (Å²) in [6.45, 7) is 2.36. The first-order valence-corrected chi connectivity index (χ1v) is 8.66. The van der Waals surface area contributed by atoms with Gasteiger partial charge in [-0.05, 0) is 36.3 Å². The molecular formula is C14H19N3OS2. The van der Waals surface area contributed by atoms with Crippen LogP contribution in [0.15, 0.2) is 11.4 Å². The third-order valence-electron chi connectivity index (χ3n) is 3.59. The van der Waals surface area contributed by atoms with Crippen LogP contribution in [0.25, 0.3) is 0 Å². The van der Waals surface area contributed by atoms with Crippen molar-refractivity contribution in [3.63, 3.8) is 0 Å². The monoisotopic (exact) mass is 309 g/mol. The van der Waals surface area contributed by atoms with Crippen molar-refractivity contribution in [1.82, 2.24) is 15.5 Å². The van der Waals surface area contributed by atoms with Crippen LogP contribution in [-0.2, 0) is 17.7 Å². The molecule has 0 spiro atoms. The van der Waals surface area contributed by atoms with E-state index in [0.29, 0.717) is 5.92 Å². The van der Waals surface area contributed by atoms with Crippen molar-refractivity contribution in [2.75, 3.05) is 20.3 Å². The number of aromatic nitrogens is 2. The van der Waals surface area contributed by atoms with Crippen molar-refractivity contribution in [3.8, 4) is 0 Å². The lowest BCUT2D eigenvalue weighted by Gasteiger charge is -2.19. The number of nitrogens with zero attached hydrogens (tertiary/aromatic N) is 2. The average Bonchev–Trinajstić information content (AvgIpc) is 3.12. The number of hydrogen-bond donors (Lipinski definition) is 1. The predicted octanol–water partition coefficient (Wildman–Crippen LogP) is 2.80. The third-order valence-corrected chi connectivity index (χ3v) is 5.63. The first-order chi connectivity index (χ1) is 9.88. The Bertz CT molecular complexity index is 552. The molecule has 2 heterocycles. The van der Waals surface area contributed by atoms with Crippen LogP contribution in [0, 0.1) is 0 Å². The first-order valence-electron chi connectivity index (χ1n) is 6.96. The zero-order chi connectivity index (χ0) is 13.8. The van der Waals surface area contributed by atoms with E-state index in [2.05, 4.69) is 27.0 Å². The minimum atomic E-state index is 0.468. The Morgan fingerprint density at radius 2 is 2.40 bits per heavy atom. The molecule has 3 rings (SSSR count). The van der Waals surface area contributed by atoms with E-state index in [9.17, 15) is 0 Å². The van der Waals surface area contributed by atoms with Crippen molar-refractivity contribution in [2.24, 2.45) is 0 Å². The summed E-state index contributed by atoms with van der Waals surface area (Å²) in [5, 5.41) is 16.5. The maximum Gasteiger partial charge on any atom is 0.131 e. The number of thiophene rings is 1. The van der Waals surface area contributed by atoms with Crippen molar-refractivity contribution in [2.45, 2.75) is 31.7 Å². The summed E-state index contributed by atoms with van der Waals surface area (Å²) < 4.78 is 5.02. The van der Waals surface area contributed by atoms with Crippen LogP contribution in [0.5, 0.6) is 0 Å². The molecule has 1 atom stereocenters. The van der Waals surface area contributed by atoms with Gasteiger partial charge in [0.05, 0.1) is 6.61 Å². The fourth-order valence-electron chi connectivity index (χ4n) is 2.59. The van der Waals surface area contributed by atoms with Crippen LogP contribution in [0.4, 0.5) is 0 Å². The number of rotatable bonds is 6. The summed E-state index contributed by atoms with van der Waals surface area (Å²) in [6, 6.07) is 2.27. The maximum absolute atomic E-state index is 5.02. The Hall–Kier alpha value is -0.820. The molecule has 1 aliphatic rings. The molecule has 0 aliphatic heterocycles. The standard InChI is InChI=1S/C14H19N3OS2/c1-18-7-6-15-9-13-16-17-14(20-13)11-3-2-4-12-10(11)5-8-19-12/h5,8,11,15H,2-4,6-7,9H2,1H3. The molecular weight excluding hydrogens is 290 g/mol. The summed E-state index contributed by atoms with van der Waals surface area (Å²) in [5.74, 6) is 0.468. The van der Waals surface area contributed by atoms with Crippen LogP contribution >= 0.6 is 22.7 Å². The quantitative estimate of drug-likeness (QED) is 0.834. The van der Waals surface area contributed by atoms with Crippen LogP contribution in [0.1, 0.15) is 39.2 Å². The molecule has 6 heteroatoms. The maximum atomic E-state index is 5.02. The summed E-state index contributed by atoms with van der Waals surface area (Å²) in [4.78, 5) is 1.54. The van der Waals surface area contributed by atoms with Crippen molar-refractivity contribution in [1.29, 1.82) is 0 Å². The van der Waals surface area contributed by atoms with Crippen LogP contribution in [0.2, 0.25) is 0 Å². The van der Waals surface area contributed by atoms with Crippen molar-refractivity contribution in [3.05, 3.63) is 31.9 Å². The topological polar surface area (TPSA) is 47.0 Å². The van der Waals surface area contributed by atoms with Gasteiger partial charge in [0.15, 0.2) is 0 Å². The van der Waals surface area contributed by atoms with Crippen molar-refractivity contribution >= 4 is 22.7 Å². The zero-order valence-electron chi connectivity index (χ0n) is 11.6. The molecule has 4 nitrogen and oxygen atoms in total. The highest BCUT2D eigenvalue weighted by molar-refractivity contribution is 7.11. The molecule has 0 amide bonds. The van der Waals surface area contributed by atoms with Gasteiger partial charge in [-0.3, -0.25) is 0 Å². The Balaban J connectivity index is 1.66. The second-order valence-electron chi connectivity index (χ2n) is 4.95. The number of methoxy groups -OCH3 is 1. The lowest BCUT2D eigenvalue weighted by Crippen LogP contribution is -2.18. The molecule has 0 aromatic carbocycles. The largest absolute Gasteiger partial charge is 0.383 e. The molecule has 2 aromatic heterocycles. The SMILES string of the molecule is COCCNCc1nnc(C2CCCc3sccc32)s1. The molecule has 0 radical (unpaired) electrons. The van der Waals surface area contributed by atoms with E-state index < -0.39 is 0 Å². The van der Waals surface area contributed by atoms with Gasteiger partial charge < -0.3 is 10.1 Å². The fraction of sp³-hybridized carbons (Fsp3) is 0.571. The predicted molar refractivity (Wildman–Crippen MR) is 82.6 cm³/mol. The van der Waals surface area contributed by atoms with E-state index in [4.69, 9.17) is 4.74 Å². The molecule has 0 bridgehead atoms. The fourth-order valence-corrected chi connectivity index (χ4v) is 4.54. The molecule has 1 unspecified atom stereocenters. The van der Waals surface area contributed by atoms with Gasteiger partial charge in [-0.2, -0.15) is 0 Å². The van der Waals surface area contributed by atoms with Gasteiger partial charge in [-0.25, -0.2) is 0 Å². The number of ether oxygens (including phenoxy) is 1. The highest BCUT2D eigenvalue weighted by Gasteiger charge is 2.25. The second-order valence-corrected chi connectivity index (χ2v) is 7.04. The van der Waals surface area contributed by atoms with Gasteiger partial charge in [0.25, 0.3) is 0 Å². The second kappa shape index (κ2) is 6.76. The van der Waals surface area contributed by atoms with Gasteiger partial charge >= 0.3 is 0 Å². The number of nitrogens with one attached hydrogen (secondary N) is 1. The Morgan fingerprint density at radius 3 is 3.30 bits per heavy atom. The molecule has 0 saturated carbocycles. The average molecular weight is 309 g/mol. The first kappa shape index (κ1) is 14.1. The lowest BCUT2D eigenvalue weighted by atomic mass is 9.88. The van der Waals surface area contributed by atoms with Gasteiger partial charge in [-0.1, -0.05) is 11.3 Å². The highest BCUT2D eigenvalue weighted by atomic mass is 32.1. The Morgan fingerprint density at radius 1 is 1.45 bits per heavy atom. The Labute approximate surface area is 127 Å². The van der Waals surface area contributed by atoms with Gasteiger partial charge in [0.2, 0.25) is 0 Å². The van der Waals surface area contributed by atoms with Crippen LogP contribution in [-0.4, -0.2) is 30.5 Å². The molecule has 0 fully saturated rings. The van der Waals surface area contributed by atoms with E-state index >= 15 is 0 Å². The summed E-state index contributed by atoms with van der Waals surface area (Å²) in [6.07, 6.45) is 3.70. The molecule has 108 valence electrons. The van der Waals surface area contributed by atoms with Crippen molar-refractivity contribution < 1.29 is 4.74 Å². The molecule has 1 aliphatic carbocycles. The van der Waals surface area contributed by atoms with E-state index in [1.807, 2.05) is 11.3 Å². The summed E-state index contributed by atoms with van der Waals surface area (Å²) in [7, 11) is 1.71. The number of fused-ring (bicyclic) bond motifs is 1. The van der Waals surface area contributed by atoms with E-state index in [0.717, 1.165) is 24.7 Å². The number of hydrogen-bond acceptors (Lipinski definition) is 6. The Kier molecular flexibility index (Phi) is 4.77. The smallest absolute Gasteiger partial charge is 0.131 e. The van der Waals surface area contributed by atoms with E-state index in [1.54, 1.807) is 18.4 Å². The molecule has 20 heavy (non-hydrogen) atoms. The lowest BCUT2D eigenvalue weighted by molar-refractivity contribution is 0.199. The minimum Gasteiger partial charge on any atom is -0.383 e. The molecule has 2 aromatic rings. The van der Waals surface area contributed by atoms with E-state index in [-0.39, 0.29) is 0 Å².